The van der Waals surface area contributed by atoms with Crippen molar-refractivity contribution in [3.63, 3.8) is 0 Å². The summed E-state index contributed by atoms with van der Waals surface area (Å²) in [4.78, 5) is 50.6. The molecule has 0 aromatic carbocycles. The van der Waals surface area contributed by atoms with E-state index in [-0.39, 0.29) is 49.4 Å². The zero-order chi connectivity index (χ0) is 35.6. The van der Waals surface area contributed by atoms with E-state index >= 15 is 0 Å². The summed E-state index contributed by atoms with van der Waals surface area (Å²) in [6.07, 6.45) is -13.3. The van der Waals surface area contributed by atoms with Crippen molar-refractivity contribution in [1.29, 1.82) is 0 Å². The van der Waals surface area contributed by atoms with E-state index in [1.807, 2.05) is 13.8 Å². The van der Waals surface area contributed by atoms with E-state index < -0.39 is 98.5 Å². The maximum absolute atomic E-state index is 12.8. The number of esters is 4. The van der Waals surface area contributed by atoms with Crippen LogP contribution in [-0.4, -0.2) is 119 Å². The van der Waals surface area contributed by atoms with Gasteiger partial charge < -0.3 is 53.6 Å². The van der Waals surface area contributed by atoms with Crippen LogP contribution < -0.4 is 0 Å². The maximum Gasteiger partial charge on any atom is 0.306 e. The Morgan fingerprint density at radius 3 is 1.62 bits per heavy atom. The molecule has 0 aromatic heterocycles. The lowest BCUT2D eigenvalue weighted by atomic mass is 9.98. The van der Waals surface area contributed by atoms with E-state index in [0.29, 0.717) is 0 Å². The van der Waals surface area contributed by atoms with Gasteiger partial charge in [0.15, 0.2) is 18.3 Å². The average molecular weight is 679 g/mol. The van der Waals surface area contributed by atoms with Crippen LogP contribution in [0.3, 0.4) is 0 Å². The Morgan fingerprint density at radius 1 is 0.660 bits per heavy atom. The number of carbonyl (C=O) groups excluding carboxylic acids is 4. The third-order valence-corrected chi connectivity index (χ3v) is 7.30. The molecule has 0 amide bonds. The highest BCUT2D eigenvalue weighted by atomic mass is 16.8. The molecule has 9 atom stereocenters. The van der Waals surface area contributed by atoms with Crippen molar-refractivity contribution in [2.45, 2.75) is 136 Å². The largest absolute Gasteiger partial charge is 0.463 e. The number of aliphatic hydroxyl groups excluding tert-OH is 4. The summed E-state index contributed by atoms with van der Waals surface area (Å²) in [7, 11) is 0. The predicted molar refractivity (Wildman–Crippen MR) is 162 cm³/mol. The molecule has 0 bridgehead atoms. The molecular weight excluding hydrogens is 624 g/mol. The van der Waals surface area contributed by atoms with Gasteiger partial charge >= 0.3 is 23.9 Å². The van der Waals surface area contributed by atoms with Crippen LogP contribution in [0.1, 0.15) is 81.1 Å². The molecule has 0 aromatic rings. The molecule has 2 aliphatic rings. The lowest BCUT2D eigenvalue weighted by Gasteiger charge is -2.44. The zero-order valence-corrected chi connectivity index (χ0v) is 28.7. The normalized spacial score (nSPS) is 31.0. The van der Waals surface area contributed by atoms with Crippen LogP contribution in [0.5, 0.6) is 0 Å². The van der Waals surface area contributed by atoms with Crippen molar-refractivity contribution >= 4 is 23.9 Å². The molecule has 0 saturated carbocycles. The molecule has 2 saturated heterocycles. The first-order valence-electron chi connectivity index (χ1n) is 16.2. The van der Waals surface area contributed by atoms with Gasteiger partial charge in [-0.1, -0.05) is 55.4 Å². The van der Waals surface area contributed by atoms with Crippen LogP contribution in [0.4, 0.5) is 0 Å². The van der Waals surface area contributed by atoms with Crippen molar-refractivity contribution in [1.82, 2.24) is 0 Å². The van der Waals surface area contributed by atoms with Gasteiger partial charge in [-0.15, -0.1) is 0 Å². The van der Waals surface area contributed by atoms with Crippen LogP contribution in [0.25, 0.3) is 0 Å². The second-order valence-corrected chi connectivity index (χ2v) is 13.9. The quantitative estimate of drug-likeness (QED) is 0.125. The first-order valence-corrected chi connectivity index (χ1v) is 16.2. The highest BCUT2D eigenvalue weighted by molar-refractivity contribution is 5.71. The summed E-state index contributed by atoms with van der Waals surface area (Å²) in [6.45, 7) is 12.2. The van der Waals surface area contributed by atoms with Gasteiger partial charge in [0.1, 0.15) is 37.6 Å². The number of aliphatic hydroxyl groups is 4. The van der Waals surface area contributed by atoms with Gasteiger partial charge in [0.2, 0.25) is 12.1 Å². The van der Waals surface area contributed by atoms with Gasteiger partial charge in [-0.3, -0.25) is 19.2 Å². The molecule has 2 fully saturated rings. The van der Waals surface area contributed by atoms with Crippen molar-refractivity contribution in [3.05, 3.63) is 0 Å². The minimum absolute atomic E-state index is 0.0118. The molecular formula is C32H54O15. The van der Waals surface area contributed by atoms with Crippen molar-refractivity contribution < 1.29 is 72.8 Å². The van der Waals surface area contributed by atoms with Gasteiger partial charge in [-0.25, -0.2) is 0 Å². The number of rotatable bonds is 17. The lowest BCUT2D eigenvalue weighted by molar-refractivity contribution is -0.384. The second-order valence-electron chi connectivity index (χ2n) is 13.9. The number of hydrogen-bond acceptors (Lipinski definition) is 15. The first-order chi connectivity index (χ1) is 21.9. The minimum Gasteiger partial charge on any atom is -0.463 e. The number of carbonyl (C=O) groups is 4. The van der Waals surface area contributed by atoms with Crippen LogP contribution >= 0.6 is 0 Å². The Hall–Kier alpha value is -2.40. The standard InChI is InChI=1S/C32H54O15/c1-16(2)9-22(34)41-14-21-28(44-24(36)11-18(5)6)30(40)32(46-21,15-42-23(35)10-17(3)4)47-31-29(45-25(37)12-19(7)8)27(39)26(38)20(13-33)43-31/h16-21,26-31,33,38-40H,9-15H2,1-8H3. The van der Waals surface area contributed by atoms with Gasteiger partial charge in [0, 0.05) is 25.7 Å². The molecule has 47 heavy (non-hydrogen) atoms. The van der Waals surface area contributed by atoms with Crippen molar-refractivity contribution in [3.8, 4) is 0 Å². The molecule has 272 valence electrons. The average Bonchev–Trinajstić information content (AvgIpc) is 3.19. The molecule has 0 spiro atoms. The van der Waals surface area contributed by atoms with Gasteiger partial charge in [-0.2, -0.15) is 0 Å². The summed E-state index contributed by atoms with van der Waals surface area (Å²) in [5.74, 6) is -5.51. The van der Waals surface area contributed by atoms with E-state index in [9.17, 15) is 39.6 Å². The smallest absolute Gasteiger partial charge is 0.306 e. The number of ether oxygens (including phenoxy) is 7. The van der Waals surface area contributed by atoms with Crippen molar-refractivity contribution in [2.75, 3.05) is 19.8 Å². The topological polar surface area (TPSA) is 214 Å². The molecule has 0 radical (unpaired) electrons. The maximum atomic E-state index is 12.8. The third-order valence-electron chi connectivity index (χ3n) is 7.30. The SMILES string of the molecule is CC(C)CC(=O)OCC1OC(COC(=O)CC(C)C)(OC2OC(CO)C(O)C(O)C2OC(=O)CC(C)C)C(O)C1OC(=O)CC(C)C. The summed E-state index contributed by atoms with van der Waals surface area (Å²) in [6, 6.07) is 0. The Labute approximate surface area is 276 Å². The molecule has 2 aliphatic heterocycles. The highest BCUT2D eigenvalue weighted by Gasteiger charge is 2.62. The molecule has 4 N–H and O–H groups in total. The van der Waals surface area contributed by atoms with Crippen LogP contribution in [0, 0.1) is 23.7 Å². The van der Waals surface area contributed by atoms with Gasteiger partial charge in [0.05, 0.1) is 6.61 Å². The zero-order valence-electron chi connectivity index (χ0n) is 28.7. The fourth-order valence-electron chi connectivity index (χ4n) is 5.05. The summed E-state index contributed by atoms with van der Waals surface area (Å²) >= 11 is 0. The fraction of sp³-hybridized carbons (Fsp3) is 0.875. The van der Waals surface area contributed by atoms with E-state index in [0.717, 1.165) is 0 Å². The molecule has 2 heterocycles. The number of hydrogen-bond donors (Lipinski definition) is 4. The summed E-state index contributed by atoms with van der Waals surface area (Å²) in [5, 5.41) is 43.1. The highest BCUT2D eigenvalue weighted by Crippen LogP contribution is 2.39. The van der Waals surface area contributed by atoms with E-state index in [4.69, 9.17) is 33.2 Å². The van der Waals surface area contributed by atoms with E-state index in [1.54, 1.807) is 41.5 Å². The molecule has 0 aliphatic carbocycles. The van der Waals surface area contributed by atoms with Crippen molar-refractivity contribution in [2.24, 2.45) is 23.7 Å². The summed E-state index contributed by atoms with van der Waals surface area (Å²) < 4.78 is 39.8. The Balaban J connectivity index is 2.54. The third kappa shape index (κ3) is 12.2. The fourth-order valence-corrected chi connectivity index (χ4v) is 5.05. The van der Waals surface area contributed by atoms with Gasteiger partial charge in [-0.05, 0) is 23.7 Å². The second kappa shape index (κ2) is 18.4. The predicted octanol–water partition coefficient (Wildman–Crippen LogP) is 0.992. The minimum atomic E-state index is -2.40. The van der Waals surface area contributed by atoms with Crippen LogP contribution in [0.2, 0.25) is 0 Å². The van der Waals surface area contributed by atoms with Crippen LogP contribution in [0.15, 0.2) is 0 Å². The van der Waals surface area contributed by atoms with E-state index in [2.05, 4.69) is 0 Å². The Bertz CT molecular complexity index is 1030. The Kier molecular flexibility index (Phi) is 16.0. The monoisotopic (exact) mass is 678 g/mol. The van der Waals surface area contributed by atoms with Crippen LogP contribution in [-0.2, 0) is 52.3 Å². The summed E-state index contributed by atoms with van der Waals surface area (Å²) in [5.41, 5.74) is 0. The molecule has 15 nitrogen and oxygen atoms in total. The first kappa shape index (κ1) is 40.8. The molecule has 15 heteroatoms. The molecule has 9 unspecified atom stereocenters. The molecule has 2 rings (SSSR count). The lowest BCUT2D eigenvalue weighted by Crippen LogP contribution is -2.64. The Morgan fingerprint density at radius 2 is 1.13 bits per heavy atom. The van der Waals surface area contributed by atoms with Gasteiger partial charge in [0.25, 0.3) is 0 Å². The van der Waals surface area contributed by atoms with E-state index in [1.165, 1.54) is 0 Å².